The van der Waals surface area contributed by atoms with E-state index in [1.165, 1.54) is 12.8 Å². The van der Waals surface area contributed by atoms with Crippen molar-refractivity contribution in [2.75, 3.05) is 32.7 Å². The lowest BCUT2D eigenvalue weighted by atomic mass is 10.0. The number of benzene rings is 1. The molecule has 1 heterocycles. The summed E-state index contributed by atoms with van der Waals surface area (Å²) < 4.78 is 0. The molecule has 5 heteroatoms. The monoisotopic (exact) mass is 317 g/mol. The van der Waals surface area contributed by atoms with Crippen molar-refractivity contribution < 1.29 is 9.59 Å². The van der Waals surface area contributed by atoms with Crippen molar-refractivity contribution in [1.29, 1.82) is 0 Å². The van der Waals surface area contributed by atoms with Crippen LogP contribution in [-0.2, 0) is 0 Å². The second-order valence-electron chi connectivity index (χ2n) is 6.23. The molecule has 1 aliphatic rings. The fraction of sp³-hybridized carbons (Fsp3) is 0.556. The molecule has 0 aromatic heterocycles. The standard InChI is InChI=1S/C18H27N3O2/c1-3-4-8-20-9-5-10-21(12-11-20)18(23)15-7-6-14(2)16(13-15)17(19)22/h6-7,13H,3-5,8-12H2,1-2H3,(H2,19,22). The van der Waals surface area contributed by atoms with Gasteiger partial charge in [0.25, 0.3) is 5.91 Å². The van der Waals surface area contributed by atoms with E-state index in [2.05, 4.69) is 11.8 Å². The number of primary amides is 1. The Labute approximate surface area is 138 Å². The average Bonchev–Trinajstić information content (AvgIpc) is 2.78. The summed E-state index contributed by atoms with van der Waals surface area (Å²) in [6.07, 6.45) is 3.39. The summed E-state index contributed by atoms with van der Waals surface area (Å²) in [5, 5.41) is 0. The highest BCUT2D eigenvalue weighted by atomic mass is 16.2. The van der Waals surface area contributed by atoms with Crippen LogP contribution in [0, 0.1) is 6.92 Å². The molecule has 2 amide bonds. The van der Waals surface area contributed by atoms with E-state index in [1.807, 2.05) is 11.8 Å². The number of hydrogen-bond donors (Lipinski definition) is 1. The zero-order chi connectivity index (χ0) is 16.8. The Bertz CT molecular complexity index is 571. The first-order chi connectivity index (χ1) is 11.0. The number of nitrogens with zero attached hydrogens (tertiary/aromatic N) is 2. The van der Waals surface area contributed by atoms with Gasteiger partial charge < -0.3 is 15.5 Å². The maximum Gasteiger partial charge on any atom is 0.253 e. The van der Waals surface area contributed by atoms with E-state index in [4.69, 9.17) is 5.73 Å². The first-order valence-corrected chi connectivity index (χ1v) is 8.45. The second-order valence-corrected chi connectivity index (χ2v) is 6.23. The van der Waals surface area contributed by atoms with Crippen LogP contribution in [0.5, 0.6) is 0 Å². The van der Waals surface area contributed by atoms with Gasteiger partial charge in [0.05, 0.1) is 0 Å². The predicted octanol–water partition coefficient (Wildman–Crippen LogP) is 2.04. The number of amides is 2. The third-order valence-corrected chi connectivity index (χ3v) is 4.45. The Balaban J connectivity index is 2.05. The van der Waals surface area contributed by atoms with Crippen molar-refractivity contribution >= 4 is 11.8 Å². The summed E-state index contributed by atoms with van der Waals surface area (Å²) in [4.78, 5) is 28.5. The molecule has 1 aliphatic heterocycles. The zero-order valence-electron chi connectivity index (χ0n) is 14.2. The van der Waals surface area contributed by atoms with Gasteiger partial charge in [0.1, 0.15) is 0 Å². The van der Waals surface area contributed by atoms with Gasteiger partial charge in [-0.25, -0.2) is 0 Å². The molecule has 0 unspecified atom stereocenters. The van der Waals surface area contributed by atoms with Gasteiger partial charge in [-0.1, -0.05) is 19.4 Å². The molecule has 0 saturated carbocycles. The van der Waals surface area contributed by atoms with Gasteiger partial charge in [-0.3, -0.25) is 9.59 Å². The van der Waals surface area contributed by atoms with Crippen LogP contribution in [0.15, 0.2) is 18.2 Å². The molecule has 126 valence electrons. The van der Waals surface area contributed by atoms with E-state index in [0.717, 1.165) is 44.7 Å². The molecule has 5 nitrogen and oxygen atoms in total. The van der Waals surface area contributed by atoms with Crippen LogP contribution in [0.2, 0.25) is 0 Å². The normalized spacial score (nSPS) is 16.2. The lowest BCUT2D eigenvalue weighted by molar-refractivity contribution is 0.0761. The molecule has 1 saturated heterocycles. The summed E-state index contributed by atoms with van der Waals surface area (Å²) >= 11 is 0. The third-order valence-electron chi connectivity index (χ3n) is 4.45. The zero-order valence-corrected chi connectivity index (χ0v) is 14.2. The highest BCUT2D eigenvalue weighted by molar-refractivity contribution is 6.00. The van der Waals surface area contributed by atoms with E-state index in [9.17, 15) is 9.59 Å². The van der Waals surface area contributed by atoms with Gasteiger partial charge in [0.15, 0.2) is 0 Å². The first-order valence-electron chi connectivity index (χ1n) is 8.45. The van der Waals surface area contributed by atoms with Crippen molar-refractivity contribution in [2.45, 2.75) is 33.1 Å². The number of carbonyl (C=O) groups excluding carboxylic acids is 2. The minimum atomic E-state index is -0.487. The van der Waals surface area contributed by atoms with Crippen LogP contribution in [0.1, 0.15) is 52.5 Å². The minimum absolute atomic E-state index is 0.00941. The van der Waals surface area contributed by atoms with Gasteiger partial charge in [-0.2, -0.15) is 0 Å². The molecule has 1 aromatic carbocycles. The molecule has 0 spiro atoms. The Morgan fingerprint density at radius 3 is 2.65 bits per heavy atom. The maximum absolute atomic E-state index is 12.7. The van der Waals surface area contributed by atoms with Crippen molar-refractivity contribution in [3.8, 4) is 0 Å². The van der Waals surface area contributed by atoms with E-state index in [0.29, 0.717) is 11.1 Å². The van der Waals surface area contributed by atoms with Crippen LogP contribution < -0.4 is 5.73 Å². The SMILES string of the molecule is CCCCN1CCCN(C(=O)c2ccc(C)c(C(N)=O)c2)CC1. The highest BCUT2D eigenvalue weighted by Gasteiger charge is 2.21. The van der Waals surface area contributed by atoms with Crippen molar-refractivity contribution in [3.05, 3.63) is 34.9 Å². The Morgan fingerprint density at radius 1 is 1.17 bits per heavy atom. The summed E-state index contributed by atoms with van der Waals surface area (Å²) in [6.45, 7) is 8.59. The Morgan fingerprint density at radius 2 is 1.96 bits per heavy atom. The second kappa shape index (κ2) is 8.11. The number of aryl methyl sites for hydroxylation is 1. The summed E-state index contributed by atoms with van der Waals surface area (Å²) in [7, 11) is 0. The number of hydrogen-bond acceptors (Lipinski definition) is 3. The molecule has 0 radical (unpaired) electrons. The first kappa shape index (κ1) is 17.5. The van der Waals surface area contributed by atoms with Crippen LogP contribution in [0.4, 0.5) is 0 Å². The van der Waals surface area contributed by atoms with Crippen LogP contribution in [0.3, 0.4) is 0 Å². The van der Waals surface area contributed by atoms with Crippen molar-refractivity contribution in [2.24, 2.45) is 5.73 Å². The fourth-order valence-electron chi connectivity index (χ4n) is 2.98. The number of carbonyl (C=O) groups is 2. The lowest BCUT2D eigenvalue weighted by Gasteiger charge is -2.22. The van der Waals surface area contributed by atoms with E-state index in [1.54, 1.807) is 18.2 Å². The molecule has 0 atom stereocenters. The number of unbranched alkanes of at least 4 members (excludes halogenated alkanes) is 1. The molecule has 2 N–H and O–H groups in total. The highest BCUT2D eigenvalue weighted by Crippen LogP contribution is 2.14. The minimum Gasteiger partial charge on any atom is -0.366 e. The molecular formula is C18H27N3O2. The predicted molar refractivity (Wildman–Crippen MR) is 91.6 cm³/mol. The van der Waals surface area contributed by atoms with Gasteiger partial charge >= 0.3 is 0 Å². The van der Waals surface area contributed by atoms with Gasteiger partial charge in [0, 0.05) is 30.8 Å². The third kappa shape index (κ3) is 4.55. The molecule has 2 rings (SSSR count). The maximum atomic E-state index is 12.7. The van der Waals surface area contributed by atoms with Crippen LogP contribution >= 0.6 is 0 Å². The number of nitrogens with two attached hydrogens (primary N) is 1. The quantitative estimate of drug-likeness (QED) is 0.904. The molecular weight excluding hydrogens is 290 g/mol. The van der Waals surface area contributed by atoms with Crippen molar-refractivity contribution in [3.63, 3.8) is 0 Å². The molecule has 0 aliphatic carbocycles. The Kier molecular flexibility index (Phi) is 6.16. The van der Waals surface area contributed by atoms with E-state index in [-0.39, 0.29) is 5.91 Å². The molecule has 23 heavy (non-hydrogen) atoms. The lowest BCUT2D eigenvalue weighted by Crippen LogP contribution is -2.35. The summed E-state index contributed by atoms with van der Waals surface area (Å²) in [5.41, 5.74) is 7.16. The van der Waals surface area contributed by atoms with E-state index >= 15 is 0 Å². The summed E-state index contributed by atoms with van der Waals surface area (Å²) in [6, 6.07) is 5.20. The molecule has 1 fully saturated rings. The average molecular weight is 317 g/mol. The van der Waals surface area contributed by atoms with Gasteiger partial charge in [-0.15, -0.1) is 0 Å². The van der Waals surface area contributed by atoms with E-state index < -0.39 is 5.91 Å². The fourth-order valence-corrected chi connectivity index (χ4v) is 2.98. The number of rotatable bonds is 5. The van der Waals surface area contributed by atoms with Gasteiger partial charge in [0.2, 0.25) is 5.91 Å². The van der Waals surface area contributed by atoms with Crippen LogP contribution in [0.25, 0.3) is 0 Å². The largest absolute Gasteiger partial charge is 0.366 e. The molecule has 1 aromatic rings. The van der Waals surface area contributed by atoms with Crippen molar-refractivity contribution in [1.82, 2.24) is 9.80 Å². The Hall–Kier alpha value is -1.88. The molecule has 0 bridgehead atoms. The van der Waals surface area contributed by atoms with Gasteiger partial charge in [-0.05, 0) is 50.6 Å². The smallest absolute Gasteiger partial charge is 0.253 e. The van der Waals surface area contributed by atoms with Crippen LogP contribution in [-0.4, -0.2) is 54.3 Å². The summed E-state index contributed by atoms with van der Waals surface area (Å²) in [5.74, 6) is -0.497. The topological polar surface area (TPSA) is 66.6 Å².